The Bertz CT molecular complexity index is 209. The Morgan fingerprint density at radius 3 is 2.25 bits per heavy atom. The number of rotatable bonds is 4. The topological polar surface area (TPSA) is 12.0 Å². The summed E-state index contributed by atoms with van der Waals surface area (Å²) < 4.78 is 0. The van der Waals surface area contributed by atoms with E-state index in [1.165, 1.54) is 70.6 Å². The molecule has 92 valence electrons. The van der Waals surface area contributed by atoms with Crippen LogP contribution in [0.15, 0.2) is 12.7 Å². The van der Waals surface area contributed by atoms with Crippen LogP contribution in [0.5, 0.6) is 0 Å². The molecule has 2 aliphatic rings. The maximum Gasteiger partial charge on any atom is 0.0218 e. The van der Waals surface area contributed by atoms with E-state index in [2.05, 4.69) is 18.0 Å². The first-order valence-corrected chi connectivity index (χ1v) is 7.23. The van der Waals surface area contributed by atoms with E-state index in [1.807, 2.05) is 0 Å². The molecule has 0 aromatic heterocycles. The lowest BCUT2D eigenvalue weighted by molar-refractivity contribution is 0.188. The van der Waals surface area contributed by atoms with Crippen molar-refractivity contribution in [3.8, 4) is 0 Å². The lowest BCUT2D eigenvalue weighted by Gasteiger charge is -2.42. The molecule has 1 nitrogen and oxygen atoms in total. The summed E-state index contributed by atoms with van der Waals surface area (Å²) in [7, 11) is 0. The minimum Gasteiger partial charge on any atom is -0.308 e. The summed E-state index contributed by atoms with van der Waals surface area (Å²) in [5.41, 5.74) is 0.419. The first kappa shape index (κ1) is 12.2. The van der Waals surface area contributed by atoms with Crippen LogP contribution < -0.4 is 5.32 Å². The van der Waals surface area contributed by atoms with Crippen LogP contribution in [0, 0.1) is 0 Å². The molecule has 1 N–H and O–H groups in total. The van der Waals surface area contributed by atoms with E-state index in [4.69, 9.17) is 0 Å². The average Bonchev–Trinajstić information content (AvgIpc) is 2.31. The third-order valence-corrected chi connectivity index (χ3v) is 4.46. The third-order valence-electron chi connectivity index (χ3n) is 4.46. The Morgan fingerprint density at radius 1 is 1.00 bits per heavy atom. The van der Waals surface area contributed by atoms with Gasteiger partial charge in [-0.3, -0.25) is 0 Å². The van der Waals surface area contributed by atoms with Gasteiger partial charge in [-0.05, 0) is 32.1 Å². The second-order valence-corrected chi connectivity index (χ2v) is 5.81. The third kappa shape index (κ3) is 3.10. The van der Waals surface area contributed by atoms with Gasteiger partial charge in [0.05, 0.1) is 0 Å². The van der Waals surface area contributed by atoms with Crippen LogP contribution >= 0.6 is 0 Å². The van der Waals surface area contributed by atoms with Gasteiger partial charge in [0.2, 0.25) is 0 Å². The van der Waals surface area contributed by atoms with Gasteiger partial charge in [-0.2, -0.15) is 0 Å². The molecule has 0 bridgehead atoms. The van der Waals surface area contributed by atoms with Crippen LogP contribution in [-0.2, 0) is 0 Å². The fourth-order valence-electron chi connectivity index (χ4n) is 3.59. The van der Waals surface area contributed by atoms with Gasteiger partial charge < -0.3 is 5.32 Å². The van der Waals surface area contributed by atoms with E-state index in [1.54, 1.807) is 0 Å². The maximum absolute atomic E-state index is 4.00. The quantitative estimate of drug-likeness (QED) is 0.702. The fourth-order valence-corrected chi connectivity index (χ4v) is 3.59. The average molecular weight is 221 g/mol. The minimum absolute atomic E-state index is 0.419. The van der Waals surface area contributed by atoms with Gasteiger partial charge in [0.15, 0.2) is 0 Å². The molecule has 1 heteroatoms. The first-order chi connectivity index (χ1) is 7.85. The van der Waals surface area contributed by atoms with Crippen molar-refractivity contribution in [3.63, 3.8) is 0 Å². The lowest BCUT2D eigenvalue weighted by Crippen LogP contribution is -2.51. The van der Waals surface area contributed by atoms with E-state index in [9.17, 15) is 0 Å². The molecule has 0 radical (unpaired) electrons. The van der Waals surface area contributed by atoms with Gasteiger partial charge in [0.25, 0.3) is 0 Å². The second kappa shape index (κ2) is 5.86. The Kier molecular flexibility index (Phi) is 4.45. The minimum atomic E-state index is 0.419. The molecule has 0 aromatic carbocycles. The summed E-state index contributed by atoms with van der Waals surface area (Å²) in [6.07, 6.45) is 17.4. The SMILES string of the molecule is C=CCC1(NC2CCCCC2)CCCCC1. The molecule has 0 saturated heterocycles. The second-order valence-electron chi connectivity index (χ2n) is 5.81. The normalized spacial score (nSPS) is 26.5. The molecule has 0 aliphatic heterocycles. The molecule has 0 spiro atoms. The predicted octanol–water partition coefficient (Wildman–Crippen LogP) is 4.19. The van der Waals surface area contributed by atoms with Crippen LogP contribution in [0.25, 0.3) is 0 Å². The zero-order chi connectivity index (χ0) is 11.3. The van der Waals surface area contributed by atoms with Crippen LogP contribution in [0.3, 0.4) is 0 Å². The Labute approximate surface area is 101 Å². The predicted molar refractivity (Wildman–Crippen MR) is 70.6 cm³/mol. The summed E-state index contributed by atoms with van der Waals surface area (Å²) in [6.45, 7) is 3.95. The summed E-state index contributed by atoms with van der Waals surface area (Å²) in [5.74, 6) is 0. The molecule has 0 unspecified atom stereocenters. The molecule has 2 aliphatic carbocycles. The van der Waals surface area contributed by atoms with Gasteiger partial charge in [-0.1, -0.05) is 44.6 Å². The largest absolute Gasteiger partial charge is 0.308 e. The van der Waals surface area contributed by atoms with E-state index in [0.717, 1.165) is 6.04 Å². The van der Waals surface area contributed by atoms with Gasteiger partial charge >= 0.3 is 0 Å². The highest BCUT2D eigenvalue weighted by Gasteiger charge is 2.32. The Balaban J connectivity index is 1.92. The molecular weight excluding hydrogens is 194 g/mol. The molecule has 0 heterocycles. The fraction of sp³-hybridized carbons (Fsp3) is 0.867. The highest BCUT2D eigenvalue weighted by atomic mass is 15.0. The van der Waals surface area contributed by atoms with Crippen molar-refractivity contribution in [1.82, 2.24) is 5.32 Å². The maximum atomic E-state index is 4.00. The number of hydrogen-bond donors (Lipinski definition) is 1. The van der Waals surface area contributed by atoms with E-state index in [-0.39, 0.29) is 0 Å². The summed E-state index contributed by atoms with van der Waals surface area (Å²) in [6, 6.07) is 0.798. The monoisotopic (exact) mass is 221 g/mol. The van der Waals surface area contributed by atoms with Crippen molar-refractivity contribution in [3.05, 3.63) is 12.7 Å². The number of hydrogen-bond acceptors (Lipinski definition) is 1. The summed E-state index contributed by atoms with van der Waals surface area (Å²) in [4.78, 5) is 0. The standard InChI is InChI=1S/C15H27N/c1-2-11-15(12-7-4-8-13-15)16-14-9-5-3-6-10-14/h2,14,16H,1,3-13H2. The molecule has 2 rings (SSSR count). The molecule has 0 aromatic rings. The number of nitrogens with one attached hydrogen (secondary N) is 1. The van der Waals surface area contributed by atoms with Crippen molar-refractivity contribution in [1.29, 1.82) is 0 Å². The summed E-state index contributed by atoms with van der Waals surface area (Å²) >= 11 is 0. The lowest BCUT2D eigenvalue weighted by atomic mass is 9.78. The smallest absolute Gasteiger partial charge is 0.0218 e. The highest BCUT2D eigenvalue weighted by molar-refractivity contribution is 4.98. The van der Waals surface area contributed by atoms with Crippen LogP contribution in [0.4, 0.5) is 0 Å². The van der Waals surface area contributed by atoms with Gasteiger partial charge in [0.1, 0.15) is 0 Å². The zero-order valence-corrected chi connectivity index (χ0v) is 10.6. The van der Waals surface area contributed by atoms with Gasteiger partial charge in [0, 0.05) is 11.6 Å². The summed E-state index contributed by atoms with van der Waals surface area (Å²) in [5, 5.41) is 4.00. The van der Waals surface area contributed by atoms with Crippen molar-refractivity contribution < 1.29 is 0 Å². The van der Waals surface area contributed by atoms with Crippen LogP contribution in [0.1, 0.15) is 70.6 Å². The zero-order valence-electron chi connectivity index (χ0n) is 10.6. The van der Waals surface area contributed by atoms with Crippen LogP contribution in [0.2, 0.25) is 0 Å². The van der Waals surface area contributed by atoms with Crippen molar-refractivity contribution in [2.45, 2.75) is 82.2 Å². The van der Waals surface area contributed by atoms with E-state index in [0.29, 0.717) is 5.54 Å². The van der Waals surface area contributed by atoms with E-state index >= 15 is 0 Å². The van der Waals surface area contributed by atoms with Gasteiger partial charge in [-0.25, -0.2) is 0 Å². The molecule has 2 saturated carbocycles. The van der Waals surface area contributed by atoms with Gasteiger partial charge in [-0.15, -0.1) is 6.58 Å². The van der Waals surface area contributed by atoms with Crippen LogP contribution in [-0.4, -0.2) is 11.6 Å². The highest BCUT2D eigenvalue weighted by Crippen LogP contribution is 2.33. The molecule has 0 amide bonds. The molecular formula is C15H27N. The molecule has 16 heavy (non-hydrogen) atoms. The van der Waals surface area contributed by atoms with Crippen molar-refractivity contribution in [2.75, 3.05) is 0 Å². The Morgan fingerprint density at radius 2 is 1.62 bits per heavy atom. The van der Waals surface area contributed by atoms with Crippen molar-refractivity contribution >= 4 is 0 Å². The molecule has 0 atom stereocenters. The van der Waals surface area contributed by atoms with Crippen molar-refractivity contribution in [2.24, 2.45) is 0 Å². The molecule has 2 fully saturated rings. The first-order valence-electron chi connectivity index (χ1n) is 7.23. The van der Waals surface area contributed by atoms with E-state index < -0.39 is 0 Å². The Hall–Kier alpha value is -0.300.